The molecule has 0 bridgehead atoms. The molecule has 1 aromatic carbocycles. The molecule has 5 heteroatoms. The maximum absolute atomic E-state index is 11.9. The van der Waals surface area contributed by atoms with Gasteiger partial charge in [-0.05, 0) is 61.8 Å². The van der Waals surface area contributed by atoms with E-state index in [1.54, 1.807) is 0 Å². The molecule has 0 spiro atoms. The van der Waals surface area contributed by atoms with Crippen LogP contribution in [-0.4, -0.2) is 18.7 Å². The number of hydrogen-bond donors (Lipinski definition) is 2. The SMILES string of the molecule is O=S(=O)(NCc1ccc2[nH]c3c(c2c1)CCCC3)C1CC1. The fourth-order valence-electron chi connectivity index (χ4n) is 3.24. The summed E-state index contributed by atoms with van der Waals surface area (Å²) in [5.74, 6) is 0. The molecule has 2 aromatic rings. The lowest BCUT2D eigenvalue weighted by Gasteiger charge is -2.10. The molecule has 0 aliphatic heterocycles. The molecule has 1 saturated carbocycles. The molecule has 21 heavy (non-hydrogen) atoms. The van der Waals surface area contributed by atoms with Crippen LogP contribution in [0.25, 0.3) is 10.9 Å². The van der Waals surface area contributed by atoms with Crippen LogP contribution < -0.4 is 4.72 Å². The van der Waals surface area contributed by atoms with Crippen LogP contribution in [0.5, 0.6) is 0 Å². The van der Waals surface area contributed by atoms with Gasteiger partial charge in [-0.25, -0.2) is 13.1 Å². The van der Waals surface area contributed by atoms with Gasteiger partial charge in [0, 0.05) is 23.1 Å². The molecule has 0 unspecified atom stereocenters. The minimum Gasteiger partial charge on any atom is -0.358 e. The Morgan fingerprint density at radius 1 is 1.19 bits per heavy atom. The standard InChI is InChI=1S/C16H20N2O2S/c19-21(20,12-6-7-12)17-10-11-5-8-16-14(9-11)13-3-1-2-4-15(13)18-16/h5,8-9,12,17-18H,1-4,6-7,10H2. The van der Waals surface area contributed by atoms with E-state index in [0.29, 0.717) is 6.54 Å². The minimum atomic E-state index is -3.10. The number of rotatable bonds is 4. The van der Waals surface area contributed by atoms with Crippen LogP contribution >= 0.6 is 0 Å². The zero-order valence-electron chi connectivity index (χ0n) is 12.0. The van der Waals surface area contributed by atoms with Gasteiger partial charge in [-0.2, -0.15) is 0 Å². The lowest BCUT2D eigenvalue weighted by molar-refractivity contribution is 0.580. The Labute approximate surface area is 125 Å². The first-order valence-corrected chi connectivity index (χ1v) is 9.29. The van der Waals surface area contributed by atoms with Gasteiger partial charge in [-0.1, -0.05) is 6.07 Å². The Kier molecular flexibility index (Phi) is 3.08. The number of fused-ring (bicyclic) bond motifs is 3. The Balaban J connectivity index is 1.61. The lowest BCUT2D eigenvalue weighted by atomic mass is 9.95. The number of sulfonamides is 1. The maximum Gasteiger partial charge on any atom is 0.214 e. The predicted octanol–water partition coefficient (Wildman–Crippen LogP) is 2.63. The highest BCUT2D eigenvalue weighted by Crippen LogP contribution is 2.30. The van der Waals surface area contributed by atoms with Crippen LogP contribution in [0.1, 0.15) is 42.5 Å². The van der Waals surface area contributed by atoms with Crippen molar-refractivity contribution in [1.82, 2.24) is 9.71 Å². The Morgan fingerprint density at radius 3 is 2.81 bits per heavy atom. The van der Waals surface area contributed by atoms with Gasteiger partial charge in [-0.15, -0.1) is 0 Å². The van der Waals surface area contributed by atoms with Crippen molar-refractivity contribution in [3.05, 3.63) is 35.0 Å². The third kappa shape index (κ3) is 2.49. The molecule has 0 radical (unpaired) electrons. The summed E-state index contributed by atoms with van der Waals surface area (Å²) in [6, 6.07) is 6.24. The largest absolute Gasteiger partial charge is 0.358 e. The van der Waals surface area contributed by atoms with Gasteiger partial charge < -0.3 is 4.98 Å². The Hall–Kier alpha value is -1.33. The molecule has 1 aromatic heterocycles. The molecular weight excluding hydrogens is 284 g/mol. The van der Waals surface area contributed by atoms with Crippen LogP contribution in [-0.2, 0) is 29.4 Å². The van der Waals surface area contributed by atoms with Crippen LogP contribution in [0.15, 0.2) is 18.2 Å². The van der Waals surface area contributed by atoms with Gasteiger partial charge in [0.1, 0.15) is 0 Å². The van der Waals surface area contributed by atoms with Gasteiger partial charge >= 0.3 is 0 Å². The van der Waals surface area contributed by atoms with E-state index in [1.807, 2.05) is 6.07 Å². The number of hydrogen-bond acceptors (Lipinski definition) is 2. The molecule has 0 amide bonds. The van der Waals surface area contributed by atoms with E-state index in [1.165, 1.54) is 35.0 Å². The zero-order valence-corrected chi connectivity index (χ0v) is 12.8. The summed E-state index contributed by atoms with van der Waals surface area (Å²) in [5.41, 5.74) is 5.02. The summed E-state index contributed by atoms with van der Waals surface area (Å²) < 4.78 is 26.5. The third-order valence-electron chi connectivity index (χ3n) is 4.60. The average Bonchev–Trinajstić information content (AvgIpc) is 3.28. The van der Waals surface area contributed by atoms with E-state index in [4.69, 9.17) is 0 Å². The summed E-state index contributed by atoms with van der Waals surface area (Å²) in [7, 11) is -3.10. The fourth-order valence-corrected chi connectivity index (χ4v) is 4.60. The normalized spacial score (nSPS) is 18.9. The van der Waals surface area contributed by atoms with Crippen molar-refractivity contribution in [1.29, 1.82) is 0 Å². The van der Waals surface area contributed by atoms with E-state index in [9.17, 15) is 8.42 Å². The highest BCUT2D eigenvalue weighted by molar-refractivity contribution is 7.90. The van der Waals surface area contributed by atoms with Crippen molar-refractivity contribution >= 4 is 20.9 Å². The summed E-state index contributed by atoms with van der Waals surface area (Å²) in [6.45, 7) is 0.398. The lowest BCUT2D eigenvalue weighted by Crippen LogP contribution is -2.26. The number of aryl methyl sites for hydroxylation is 2. The number of benzene rings is 1. The smallest absolute Gasteiger partial charge is 0.214 e. The second-order valence-electron chi connectivity index (χ2n) is 6.23. The van der Waals surface area contributed by atoms with Gasteiger partial charge in [0.05, 0.1) is 5.25 Å². The summed E-state index contributed by atoms with van der Waals surface area (Å²) >= 11 is 0. The number of nitrogens with one attached hydrogen (secondary N) is 2. The summed E-state index contributed by atoms with van der Waals surface area (Å²) in [5, 5.41) is 1.12. The summed E-state index contributed by atoms with van der Waals surface area (Å²) in [6.07, 6.45) is 6.38. The monoisotopic (exact) mass is 304 g/mol. The minimum absolute atomic E-state index is 0.152. The molecular formula is C16H20N2O2S. The number of H-pyrrole nitrogens is 1. The predicted molar refractivity (Wildman–Crippen MR) is 83.7 cm³/mol. The van der Waals surface area contributed by atoms with Gasteiger partial charge in [0.15, 0.2) is 0 Å². The van der Waals surface area contributed by atoms with Gasteiger partial charge in [-0.3, -0.25) is 0 Å². The highest BCUT2D eigenvalue weighted by Gasteiger charge is 2.35. The third-order valence-corrected chi connectivity index (χ3v) is 6.50. The molecule has 4 nitrogen and oxygen atoms in total. The molecule has 2 aliphatic rings. The van der Waals surface area contributed by atoms with Crippen LogP contribution in [0, 0.1) is 0 Å². The summed E-state index contributed by atoms with van der Waals surface area (Å²) in [4.78, 5) is 3.51. The average molecular weight is 304 g/mol. The molecule has 0 saturated heterocycles. The molecule has 4 rings (SSSR count). The van der Waals surface area contributed by atoms with Gasteiger partial charge in [0.25, 0.3) is 0 Å². The van der Waals surface area contributed by atoms with Crippen molar-refractivity contribution in [2.75, 3.05) is 0 Å². The first-order chi connectivity index (χ1) is 10.1. The topological polar surface area (TPSA) is 62.0 Å². The zero-order chi connectivity index (χ0) is 14.4. The van der Waals surface area contributed by atoms with Crippen molar-refractivity contribution in [2.24, 2.45) is 0 Å². The maximum atomic E-state index is 11.9. The Morgan fingerprint density at radius 2 is 2.00 bits per heavy atom. The van der Waals surface area contributed by atoms with Crippen LogP contribution in [0.3, 0.4) is 0 Å². The second-order valence-corrected chi connectivity index (χ2v) is 8.28. The molecule has 112 valence electrons. The van der Waals surface area contributed by atoms with E-state index >= 15 is 0 Å². The second kappa shape index (κ2) is 4.85. The van der Waals surface area contributed by atoms with Crippen molar-refractivity contribution in [2.45, 2.75) is 50.3 Å². The van der Waals surface area contributed by atoms with Crippen molar-refractivity contribution < 1.29 is 8.42 Å². The number of aromatic nitrogens is 1. The first kappa shape index (κ1) is 13.3. The van der Waals surface area contributed by atoms with E-state index in [2.05, 4.69) is 21.8 Å². The number of aromatic amines is 1. The molecule has 1 fully saturated rings. The van der Waals surface area contributed by atoms with E-state index < -0.39 is 10.0 Å². The quantitative estimate of drug-likeness (QED) is 0.912. The highest BCUT2D eigenvalue weighted by atomic mass is 32.2. The van der Waals surface area contributed by atoms with E-state index in [-0.39, 0.29) is 5.25 Å². The van der Waals surface area contributed by atoms with Crippen LogP contribution in [0.2, 0.25) is 0 Å². The van der Waals surface area contributed by atoms with E-state index in [0.717, 1.165) is 31.2 Å². The molecule has 1 heterocycles. The van der Waals surface area contributed by atoms with Gasteiger partial charge in [0.2, 0.25) is 10.0 Å². The van der Waals surface area contributed by atoms with Crippen molar-refractivity contribution in [3.8, 4) is 0 Å². The molecule has 2 N–H and O–H groups in total. The van der Waals surface area contributed by atoms with Crippen molar-refractivity contribution in [3.63, 3.8) is 0 Å². The fraction of sp³-hybridized carbons (Fsp3) is 0.500. The molecule has 2 aliphatic carbocycles. The first-order valence-electron chi connectivity index (χ1n) is 7.74. The molecule has 0 atom stereocenters. The van der Waals surface area contributed by atoms with Crippen LogP contribution in [0.4, 0.5) is 0 Å². The Bertz CT molecular complexity index is 788.